The lowest BCUT2D eigenvalue weighted by Crippen LogP contribution is -2.47. The van der Waals surface area contributed by atoms with Crippen LogP contribution in [0.1, 0.15) is 32.6 Å². The van der Waals surface area contributed by atoms with Gasteiger partial charge in [0.05, 0.1) is 0 Å². The van der Waals surface area contributed by atoms with Gasteiger partial charge in [-0.05, 0) is 31.6 Å². The largest absolute Gasteiger partial charge is 0.353 e. The molecule has 4 nitrogen and oxygen atoms in total. The van der Waals surface area contributed by atoms with E-state index in [0.717, 1.165) is 39.0 Å². The van der Waals surface area contributed by atoms with E-state index in [1.807, 2.05) is 0 Å². The van der Waals surface area contributed by atoms with Gasteiger partial charge in [-0.25, -0.2) is 0 Å². The first-order valence-corrected chi connectivity index (χ1v) is 6.93. The minimum absolute atomic E-state index is 0.220. The Labute approximate surface area is 104 Å². The molecule has 1 heterocycles. The third-order valence-electron chi connectivity index (χ3n) is 4.12. The number of nitrogens with zero attached hydrogens (tertiary/aromatic N) is 1. The molecule has 0 aromatic rings. The molecule has 1 aliphatic carbocycles. The highest BCUT2D eigenvalue weighted by Crippen LogP contribution is 2.36. The molecular formula is C13H25N3O. The molecule has 2 aliphatic rings. The topological polar surface area (TPSA) is 58.4 Å². The lowest BCUT2D eigenvalue weighted by atomic mass is 10.0. The normalized spacial score (nSPS) is 24.6. The van der Waals surface area contributed by atoms with Gasteiger partial charge >= 0.3 is 0 Å². The van der Waals surface area contributed by atoms with Crippen molar-refractivity contribution >= 4 is 5.91 Å². The van der Waals surface area contributed by atoms with Crippen molar-refractivity contribution in [3.05, 3.63) is 0 Å². The van der Waals surface area contributed by atoms with Gasteiger partial charge in [0, 0.05) is 38.1 Å². The molecule has 3 N–H and O–H groups in total. The summed E-state index contributed by atoms with van der Waals surface area (Å²) >= 11 is 0. The third-order valence-corrected chi connectivity index (χ3v) is 4.12. The van der Waals surface area contributed by atoms with E-state index in [4.69, 9.17) is 5.73 Å². The minimum atomic E-state index is 0.220. The number of rotatable bonds is 5. The predicted molar refractivity (Wildman–Crippen MR) is 68.5 cm³/mol. The highest BCUT2D eigenvalue weighted by molar-refractivity contribution is 5.79. The molecular weight excluding hydrogens is 214 g/mol. The summed E-state index contributed by atoms with van der Waals surface area (Å²) in [6, 6.07) is 0.387. The third kappa shape index (κ3) is 3.68. The zero-order chi connectivity index (χ0) is 12.3. The molecule has 0 aromatic heterocycles. The van der Waals surface area contributed by atoms with E-state index in [2.05, 4.69) is 17.1 Å². The summed E-state index contributed by atoms with van der Waals surface area (Å²) in [4.78, 5) is 14.3. The quantitative estimate of drug-likeness (QED) is 0.737. The van der Waals surface area contributed by atoms with Crippen LogP contribution in [0.4, 0.5) is 0 Å². The fourth-order valence-electron chi connectivity index (χ4n) is 2.63. The average Bonchev–Trinajstić information content (AvgIpc) is 3.15. The van der Waals surface area contributed by atoms with Crippen LogP contribution < -0.4 is 11.1 Å². The summed E-state index contributed by atoms with van der Waals surface area (Å²) in [6.07, 6.45) is 4.62. The molecule has 0 bridgehead atoms. The molecule has 2 fully saturated rings. The summed E-state index contributed by atoms with van der Waals surface area (Å²) in [5.74, 6) is 1.15. The maximum absolute atomic E-state index is 12.0. The van der Waals surface area contributed by atoms with Gasteiger partial charge in [-0.15, -0.1) is 0 Å². The van der Waals surface area contributed by atoms with Crippen LogP contribution in [0.5, 0.6) is 0 Å². The lowest BCUT2D eigenvalue weighted by Gasteiger charge is -2.32. The Bertz CT molecular complexity index is 257. The second kappa shape index (κ2) is 5.83. The van der Waals surface area contributed by atoms with Crippen molar-refractivity contribution in [1.82, 2.24) is 10.2 Å². The Morgan fingerprint density at radius 2 is 2.00 bits per heavy atom. The van der Waals surface area contributed by atoms with E-state index in [9.17, 15) is 4.79 Å². The van der Waals surface area contributed by atoms with Gasteiger partial charge in [0.1, 0.15) is 0 Å². The Hall–Kier alpha value is -0.610. The van der Waals surface area contributed by atoms with Crippen LogP contribution in [0.25, 0.3) is 0 Å². The summed E-state index contributed by atoms with van der Waals surface area (Å²) in [6.45, 7) is 5.92. The molecule has 17 heavy (non-hydrogen) atoms. The van der Waals surface area contributed by atoms with E-state index >= 15 is 0 Å². The summed E-state index contributed by atoms with van der Waals surface area (Å²) in [5, 5.41) is 3.21. The monoisotopic (exact) mass is 239 g/mol. The molecule has 1 atom stereocenters. The summed E-state index contributed by atoms with van der Waals surface area (Å²) in [7, 11) is 0. The number of hydrogen-bond acceptors (Lipinski definition) is 3. The molecule has 98 valence electrons. The zero-order valence-electron chi connectivity index (χ0n) is 10.8. The number of carbonyl (C=O) groups excluding carboxylic acids is 1. The first-order chi connectivity index (χ1) is 8.20. The van der Waals surface area contributed by atoms with Crippen LogP contribution in [0.15, 0.2) is 0 Å². The molecule has 1 saturated carbocycles. The van der Waals surface area contributed by atoms with Crippen molar-refractivity contribution in [3.8, 4) is 0 Å². The fourth-order valence-corrected chi connectivity index (χ4v) is 2.63. The van der Waals surface area contributed by atoms with Gasteiger partial charge in [-0.1, -0.05) is 6.92 Å². The Kier molecular flexibility index (Phi) is 4.40. The Balaban J connectivity index is 1.68. The molecule has 1 aliphatic heterocycles. The standard InChI is InChI=1S/C13H25N3O/c1-10(11-2-3-11)13(17)15-12-4-7-16(8-5-12)9-6-14/h10-12H,2-9,14H2,1H3,(H,15,17). The van der Waals surface area contributed by atoms with E-state index in [0.29, 0.717) is 12.0 Å². The number of nitrogens with one attached hydrogen (secondary N) is 1. The van der Waals surface area contributed by atoms with Crippen molar-refractivity contribution in [3.63, 3.8) is 0 Å². The van der Waals surface area contributed by atoms with Crippen molar-refractivity contribution in [1.29, 1.82) is 0 Å². The minimum Gasteiger partial charge on any atom is -0.353 e. The lowest BCUT2D eigenvalue weighted by molar-refractivity contribution is -0.126. The summed E-state index contributed by atoms with van der Waals surface area (Å²) < 4.78 is 0. The number of likely N-dealkylation sites (tertiary alicyclic amines) is 1. The van der Waals surface area contributed by atoms with E-state index in [1.165, 1.54) is 12.8 Å². The predicted octanol–water partition coefficient (Wildman–Crippen LogP) is 0.572. The molecule has 0 radical (unpaired) electrons. The zero-order valence-corrected chi connectivity index (χ0v) is 10.8. The number of hydrogen-bond donors (Lipinski definition) is 2. The second-order valence-electron chi connectivity index (χ2n) is 5.54. The van der Waals surface area contributed by atoms with Crippen molar-refractivity contribution < 1.29 is 4.79 Å². The molecule has 1 amide bonds. The van der Waals surface area contributed by atoms with Crippen LogP contribution in [0.3, 0.4) is 0 Å². The van der Waals surface area contributed by atoms with E-state index in [1.54, 1.807) is 0 Å². The second-order valence-corrected chi connectivity index (χ2v) is 5.54. The van der Waals surface area contributed by atoms with Crippen LogP contribution in [0, 0.1) is 11.8 Å². The van der Waals surface area contributed by atoms with Gasteiger partial charge in [0.2, 0.25) is 5.91 Å². The van der Waals surface area contributed by atoms with Crippen LogP contribution in [0.2, 0.25) is 0 Å². The molecule has 1 unspecified atom stereocenters. The van der Waals surface area contributed by atoms with Gasteiger partial charge in [0.15, 0.2) is 0 Å². The maximum atomic E-state index is 12.0. The SMILES string of the molecule is CC(C(=O)NC1CCN(CCN)CC1)C1CC1. The first-order valence-electron chi connectivity index (χ1n) is 6.93. The van der Waals surface area contributed by atoms with Gasteiger partial charge < -0.3 is 16.0 Å². The average molecular weight is 239 g/mol. The van der Waals surface area contributed by atoms with Gasteiger partial charge in [-0.2, -0.15) is 0 Å². The Morgan fingerprint density at radius 1 is 1.35 bits per heavy atom. The van der Waals surface area contributed by atoms with E-state index in [-0.39, 0.29) is 11.8 Å². The molecule has 2 rings (SSSR count). The highest BCUT2D eigenvalue weighted by Gasteiger charge is 2.33. The molecule has 4 heteroatoms. The molecule has 0 aromatic carbocycles. The van der Waals surface area contributed by atoms with E-state index < -0.39 is 0 Å². The van der Waals surface area contributed by atoms with Crippen LogP contribution in [-0.2, 0) is 4.79 Å². The number of nitrogens with two attached hydrogens (primary N) is 1. The molecule has 1 saturated heterocycles. The fraction of sp³-hybridized carbons (Fsp3) is 0.923. The van der Waals surface area contributed by atoms with Crippen molar-refractivity contribution in [2.75, 3.05) is 26.2 Å². The highest BCUT2D eigenvalue weighted by atomic mass is 16.1. The van der Waals surface area contributed by atoms with Crippen molar-refractivity contribution in [2.24, 2.45) is 17.6 Å². The van der Waals surface area contributed by atoms with Crippen LogP contribution >= 0.6 is 0 Å². The first kappa shape index (κ1) is 12.8. The number of piperidine rings is 1. The Morgan fingerprint density at radius 3 is 2.53 bits per heavy atom. The van der Waals surface area contributed by atoms with Gasteiger partial charge in [0.25, 0.3) is 0 Å². The molecule has 0 spiro atoms. The van der Waals surface area contributed by atoms with Crippen LogP contribution in [-0.4, -0.2) is 43.0 Å². The number of carbonyl (C=O) groups is 1. The number of amides is 1. The van der Waals surface area contributed by atoms with Crippen molar-refractivity contribution in [2.45, 2.75) is 38.6 Å². The van der Waals surface area contributed by atoms with Gasteiger partial charge in [-0.3, -0.25) is 4.79 Å². The maximum Gasteiger partial charge on any atom is 0.223 e. The summed E-state index contributed by atoms with van der Waals surface area (Å²) in [5.41, 5.74) is 5.54. The smallest absolute Gasteiger partial charge is 0.223 e.